The second-order valence-corrected chi connectivity index (χ2v) is 5.03. The molecule has 0 bridgehead atoms. The molecule has 3 rings (SSSR count). The number of halogens is 2. The maximum Gasteiger partial charge on any atom is 0.272 e. The van der Waals surface area contributed by atoms with Crippen LogP contribution in [0.4, 0.5) is 5.69 Å². The molecular weight excluding hydrogens is 297 g/mol. The SMILES string of the molecule is Cl.O=C(Nc1ccc2c(c1)CNCC2)c1cc(Cl)c[nH]1. The van der Waals surface area contributed by atoms with Crippen molar-refractivity contribution in [3.05, 3.63) is 52.3 Å². The van der Waals surface area contributed by atoms with Gasteiger partial charge >= 0.3 is 0 Å². The fraction of sp³-hybridized carbons (Fsp3) is 0.214. The first kappa shape index (κ1) is 14.9. The molecule has 1 aliphatic heterocycles. The number of carbonyl (C=O) groups is 1. The van der Waals surface area contributed by atoms with Gasteiger partial charge in [-0.15, -0.1) is 12.4 Å². The van der Waals surface area contributed by atoms with Crippen molar-refractivity contribution in [1.29, 1.82) is 0 Å². The van der Waals surface area contributed by atoms with Crippen molar-refractivity contribution in [1.82, 2.24) is 10.3 Å². The molecule has 1 amide bonds. The first-order chi connectivity index (χ1) is 9.22. The topological polar surface area (TPSA) is 56.9 Å². The summed E-state index contributed by atoms with van der Waals surface area (Å²) in [5.41, 5.74) is 3.85. The lowest BCUT2D eigenvalue weighted by atomic mass is 10.0. The van der Waals surface area contributed by atoms with E-state index in [-0.39, 0.29) is 18.3 Å². The predicted octanol–water partition coefficient (Wildman–Crippen LogP) is 2.99. The van der Waals surface area contributed by atoms with Gasteiger partial charge in [0.05, 0.1) is 5.02 Å². The van der Waals surface area contributed by atoms with Crippen LogP contribution in [0, 0.1) is 0 Å². The van der Waals surface area contributed by atoms with Crippen LogP contribution in [0.25, 0.3) is 0 Å². The third-order valence-electron chi connectivity index (χ3n) is 3.24. The number of hydrogen-bond acceptors (Lipinski definition) is 2. The van der Waals surface area contributed by atoms with Crippen LogP contribution in [-0.4, -0.2) is 17.4 Å². The lowest BCUT2D eigenvalue weighted by Crippen LogP contribution is -2.23. The Balaban J connectivity index is 0.00000147. The molecule has 6 heteroatoms. The molecule has 106 valence electrons. The number of anilines is 1. The second-order valence-electron chi connectivity index (χ2n) is 4.60. The average Bonchev–Trinajstić information content (AvgIpc) is 2.85. The largest absolute Gasteiger partial charge is 0.356 e. The minimum absolute atomic E-state index is 0. The number of benzene rings is 1. The molecule has 0 radical (unpaired) electrons. The maximum absolute atomic E-state index is 12.0. The number of amides is 1. The van der Waals surface area contributed by atoms with Gasteiger partial charge in [0, 0.05) is 18.4 Å². The lowest BCUT2D eigenvalue weighted by Gasteiger charge is -2.18. The summed E-state index contributed by atoms with van der Waals surface area (Å²) in [4.78, 5) is 14.8. The Kier molecular flexibility index (Phi) is 4.70. The van der Waals surface area contributed by atoms with Gasteiger partial charge in [-0.05, 0) is 42.3 Å². The van der Waals surface area contributed by atoms with E-state index in [4.69, 9.17) is 11.6 Å². The standard InChI is InChI=1S/C14H14ClN3O.ClH/c15-11-6-13(17-8-11)14(19)18-12-2-1-9-3-4-16-7-10(9)5-12;/h1-2,5-6,8,16-17H,3-4,7H2,(H,18,19);1H. The summed E-state index contributed by atoms with van der Waals surface area (Å²) in [5, 5.41) is 6.71. The van der Waals surface area contributed by atoms with E-state index in [1.165, 1.54) is 11.1 Å². The molecule has 1 aromatic heterocycles. The summed E-state index contributed by atoms with van der Waals surface area (Å²) in [6.45, 7) is 1.87. The van der Waals surface area contributed by atoms with E-state index >= 15 is 0 Å². The molecule has 0 spiro atoms. The van der Waals surface area contributed by atoms with Crippen LogP contribution in [0.1, 0.15) is 21.6 Å². The van der Waals surface area contributed by atoms with Crippen LogP contribution in [0.3, 0.4) is 0 Å². The number of nitrogens with one attached hydrogen (secondary N) is 3. The molecule has 2 heterocycles. The van der Waals surface area contributed by atoms with Crippen LogP contribution in [0.5, 0.6) is 0 Å². The van der Waals surface area contributed by atoms with Gasteiger partial charge in [0.1, 0.15) is 5.69 Å². The third kappa shape index (κ3) is 3.15. The normalized spacial score (nSPS) is 13.2. The van der Waals surface area contributed by atoms with Crippen molar-refractivity contribution < 1.29 is 4.79 Å². The van der Waals surface area contributed by atoms with Crippen molar-refractivity contribution >= 4 is 35.6 Å². The molecule has 0 saturated heterocycles. The minimum Gasteiger partial charge on any atom is -0.356 e. The van der Waals surface area contributed by atoms with E-state index in [0.29, 0.717) is 10.7 Å². The Bertz CT molecular complexity index is 625. The molecule has 0 aliphatic carbocycles. The molecule has 0 unspecified atom stereocenters. The van der Waals surface area contributed by atoms with E-state index in [1.807, 2.05) is 12.1 Å². The number of carbonyl (C=O) groups excluding carboxylic acids is 1. The smallest absolute Gasteiger partial charge is 0.272 e. The number of hydrogen-bond donors (Lipinski definition) is 3. The zero-order valence-corrected chi connectivity index (χ0v) is 12.3. The summed E-state index contributed by atoms with van der Waals surface area (Å²) in [5.74, 6) is -0.185. The highest BCUT2D eigenvalue weighted by Gasteiger charge is 2.12. The monoisotopic (exact) mass is 311 g/mol. The van der Waals surface area contributed by atoms with Gasteiger partial charge in [0.25, 0.3) is 5.91 Å². The summed E-state index contributed by atoms with van der Waals surface area (Å²) < 4.78 is 0. The van der Waals surface area contributed by atoms with Crippen molar-refractivity contribution in [3.8, 4) is 0 Å². The third-order valence-corrected chi connectivity index (χ3v) is 3.46. The van der Waals surface area contributed by atoms with Crippen LogP contribution in [0.15, 0.2) is 30.5 Å². The van der Waals surface area contributed by atoms with E-state index < -0.39 is 0 Å². The van der Waals surface area contributed by atoms with E-state index in [9.17, 15) is 4.79 Å². The Hall–Kier alpha value is -1.49. The van der Waals surface area contributed by atoms with Crippen LogP contribution in [0.2, 0.25) is 5.02 Å². The fourth-order valence-corrected chi connectivity index (χ4v) is 2.42. The molecule has 1 aliphatic rings. The van der Waals surface area contributed by atoms with Crippen molar-refractivity contribution in [2.24, 2.45) is 0 Å². The van der Waals surface area contributed by atoms with Crippen molar-refractivity contribution in [2.75, 3.05) is 11.9 Å². The summed E-state index contributed by atoms with van der Waals surface area (Å²) in [7, 11) is 0. The number of aromatic nitrogens is 1. The number of aromatic amines is 1. The first-order valence-electron chi connectivity index (χ1n) is 6.20. The van der Waals surface area contributed by atoms with Crippen LogP contribution in [-0.2, 0) is 13.0 Å². The summed E-state index contributed by atoms with van der Waals surface area (Å²) in [6.07, 6.45) is 2.63. The predicted molar refractivity (Wildman–Crippen MR) is 82.9 cm³/mol. The Labute approximate surface area is 128 Å². The number of rotatable bonds is 2. The van der Waals surface area contributed by atoms with Gasteiger partial charge in [-0.3, -0.25) is 4.79 Å². The minimum atomic E-state index is -0.185. The molecule has 1 aromatic carbocycles. The summed E-state index contributed by atoms with van der Waals surface area (Å²) in [6, 6.07) is 7.64. The molecule has 4 nitrogen and oxygen atoms in total. The molecule has 3 N–H and O–H groups in total. The molecular formula is C14H15Cl2N3O. The maximum atomic E-state index is 12.0. The highest BCUT2D eigenvalue weighted by molar-refractivity contribution is 6.31. The van der Waals surface area contributed by atoms with Gasteiger partial charge in [-0.25, -0.2) is 0 Å². The highest BCUT2D eigenvalue weighted by Crippen LogP contribution is 2.19. The van der Waals surface area contributed by atoms with Gasteiger partial charge < -0.3 is 15.6 Å². The van der Waals surface area contributed by atoms with Gasteiger partial charge in [-0.2, -0.15) is 0 Å². The second kappa shape index (κ2) is 6.31. The van der Waals surface area contributed by atoms with Crippen LogP contribution >= 0.6 is 24.0 Å². The van der Waals surface area contributed by atoms with Crippen LogP contribution < -0.4 is 10.6 Å². The van der Waals surface area contributed by atoms with Gasteiger partial charge in [-0.1, -0.05) is 17.7 Å². The molecule has 20 heavy (non-hydrogen) atoms. The number of fused-ring (bicyclic) bond motifs is 1. The summed E-state index contributed by atoms with van der Waals surface area (Å²) >= 11 is 5.78. The van der Waals surface area contributed by atoms with Gasteiger partial charge in [0.2, 0.25) is 0 Å². The Morgan fingerprint density at radius 3 is 2.85 bits per heavy atom. The van der Waals surface area contributed by atoms with Gasteiger partial charge in [0.15, 0.2) is 0 Å². The van der Waals surface area contributed by atoms with E-state index in [1.54, 1.807) is 12.3 Å². The fourth-order valence-electron chi connectivity index (χ4n) is 2.26. The zero-order valence-electron chi connectivity index (χ0n) is 10.7. The number of H-pyrrole nitrogens is 1. The van der Waals surface area contributed by atoms with Crippen molar-refractivity contribution in [3.63, 3.8) is 0 Å². The van der Waals surface area contributed by atoms with Crippen molar-refractivity contribution in [2.45, 2.75) is 13.0 Å². The molecule has 2 aromatic rings. The molecule has 0 saturated carbocycles. The lowest BCUT2D eigenvalue weighted by molar-refractivity contribution is 0.102. The van der Waals surface area contributed by atoms with E-state index in [2.05, 4.69) is 21.7 Å². The average molecular weight is 312 g/mol. The molecule has 0 atom stereocenters. The zero-order chi connectivity index (χ0) is 13.2. The molecule has 0 fully saturated rings. The first-order valence-corrected chi connectivity index (χ1v) is 6.58. The highest BCUT2D eigenvalue weighted by atomic mass is 35.5. The van der Waals surface area contributed by atoms with E-state index in [0.717, 1.165) is 25.2 Å². The quantitative estimate of drug-likeness (QED) is 0.798. The Morgan fingerprint density at radius 1 is 1.25 bits per heavy atom. The Morgan fingerprint density at radius 2 is 2.10 bits per heavy atom.